The molecule has 1 aromatic heterocycles. The number of rotatable bonds is 4. The third-order valence-corrected chi connectivity index (χ3v) is 3.71. The zero-order valence-corrected chi connectivity index (χ0v) is 11.9. The monoisotopic (exact) mass is 302 g/mol. The third kappa shape index (κ3) is 2.70. The van der Waals surface area contributed by atoms with E-state index in [1.807, 2.05) is 18.8 Å². The summed E-state index contributed by atoms with van der Waals surface area (Å²) in [5.74, 6) is 0. The van der Waals surface area contributed by atoms with Gasteiger partial charge in [-0.15, -0.1) is 0 Å². The van der Waals surface area contributed by atoms with Gasteiger partial charge in [0, 0.05) is 13.1 Å². The van der Waals surface area contributed by atoms with Gasteiger partial charge < -0.3 is 15.3 Å². The van der Waals surface area contributed by atoms with E-state index in [1.54, 1.807) is 6.20 Å². The molecule has 96 valence electrons. The van der Waals surface area contributed by atoms with Crippen LogP contribution in [0.4, 0.5) is 0 Å². The van der Waals surface area contributed by atoms with E-state index < -0.39 is 5.60 Å². The molecule has 2 rings (SSSR count). The number of halogens is 1. The maximum Gasteiger partial charge on any atom is 0.121 e. The molecule has 1 aromatic rings. The molecule has 1 aliphatic rings. The average molecular weight is 303 g/mol. The fourth-order valence-electron chi connectivity index (χ4n) is 2.17. The SMILES string of the molecule is CN(C)CCn1ncc(Br)c1C1(O)CCNC1. The van der Waals surface area contributed by atoms with E-state index in [4.69, 9.17) is 0 Å². The number of likely N-dealkylation sites (N-methyl/N-ethyl adjacent to an activating group) is 1. The topological polar surface area (TPSA) is 53.3 Å². The van der Waals surface area contributed by atoms with Gasteiger partial charge in [-0.1, -0.05) is 0 Å². The van der Waals surface area contributed by atoms with Crippen LogP contribution in [0.5, 0.6) is 0 Å². The maximum absolute atomic E-state index is 10.6. The second kappa shape index (κ2) is 5.06. The Bertz CT molecular complexity index is 385. The molecule has 1 atom stereocenters. The Balaban J connectivity index is 2.23. The molecule has 1 fully saturated rings. The van der Waals surface area contributed by atoms with Crippen molar-refractivity contribution in [3.8, 4) is 0 Å². The number of hydrogen-bond donors (Lipinski definition) is 2. The van der Waals surface area contributed by atoms with Gasteiger partial charge in [0.05, 0.1) is 22.9 Å². The fraction of sp³-hybridized carbons (Fsp3) is 0.727. The molecular weight excluding hydrogens is 284 g/mol. The van der Waals surface area contributed by atoms with E-state index in [1.165, 1.54) is 0 Å². The van der Waals surface area contributed by atoms with Crippen LogP contribution in [0.25, 0.3) is 0 Å². The van der Waals surface area contributed by atoms with Crippen molar-refractivity contribution in [2.45, 2.75) is 18.6 Å². The summed E-state index contributed by atoms with van der Waals surface area (Å²) >= 11 is 3.48. The number of nitrogens with one attached hydrogen (secondary N) is 1. The first-order valence-electron chi connectivity index (χ1n) is 5.82. The highest BCUT2D eigenvalue weighted by atomic mass is 79.9. The van der Waals surface area contributed by atoms with E-state index in [2.05, 4.69) is 31.2 Å². The lowest BCUT2D eigenvalue weighted by atomic mass is 9.99. The van der Waals surface area contributed by atoms with Crippen molar-refractivity contribution in [3.05, 3.63) is 16.4 Å². The summed E-state index contributed by atoms with van der Waals surface area (Å²) in [7, 11) is 4.06. The number of aromatic nitrogens is 2. The van der Waals surface area contributed by atoms with Crippen molar-refractivity contribution in [2.24, 2.45) is 0 Å². The Morgan fingerprint density at radius 3 is 3.00 bits per heavy atom. The molecule has 5 nitrogen and oxygen atoms in total. The molecule has 0 saturated carbocycles. The molecular formula is C11H19BrN4O. The second-order valence-electron chi connectivity index (χ2n) is 4.83. The summed E-state index contributed by atoms with van der Waals surface area (Å²) < 4.78 is 2.79. The molecule has 6 heteroatoms. The molecule has 2 N–H and O–H groups in total. The largest absolute Gasteiger partial charge is 0.382 e. The van der Waals surface area contributed by atoms with E-state index in [9.17, 15) is 5.11 Å². The van der Waals surface area contributed by atoms with Crippen LogP contribution in [0.1, 0.15) is 12.1 Å². The summed E-state index contributed by atoms with van der Waals surface area (Å²) in [5.41, 5.74) is 0.103. The van der Waals surface area contributed by atoms with Crippen LogP contribution >= 0.6 is 15.9 Å². The lowest BCUT2D eigenvalue weighted by molar-refractivity contribution is 0.0477. The smallest absolute Gasteiger partial charge is 0.121 e. The van der Waals surface area contributed by atoms with Crippen molar-refractivity contribution in [3.63, 3.8) is 0 Å². The van der Waals surface area contributed by atoms with Crippen molar-refractivity contribution >= 4 is 15.9 Å². The van der Waals surface area contributed by atoms with Gasteiger partial charge in [0.2, 0.25) is 0 Å². The van der Waals surface area contributed by atoms with Crippen molar-refractivity contribution in [2.75, 3.05) is 33.7 Å². The Hall–Kier alpha value is -0.430. The first-order valence-corrected chi connectivity index (χ1v) is 6.62. The third-order valence-electron chi connectivity index (χ3n) is 3.13. The highest BCUT2D eigenvalue weighted by molar-refractivity contribution is 9.10. The van der Waals surface area contributed by atoms with Crippen molar-refractivity contribution < 1.29 is 5.11 Å². The first kappa shape index (κ1) is 13.0. The predicted octanol–water partition coefficient (Wildman–Crippen LogP) is 0.388. The Labute approximate surface area is 110 Å². The van der Waals surface area contributed by atoms with Gasteiger partial charge in [-0.3, -0.25) is 4.68 Å². The van der Waals surface area contributed by atoms with E-state index >= 15 is 0 Å². The van der Waals surface area contributed by atoms with Crippen molar-refractivity contribution in [1.82, 2.24) is 20.0 Å². The summed E-state index contributed by atoms with van der Waals surface area (Å²) in [5, 5.41) is 18.1. The first-order chi connectivity index (χ1) is 8.03. The average Bonchev–Trinajstić information content (AvgIpc) is 2.83. The molecule has 1 unspecified atom stereocenters. The molecule has 0 radical (unpaired) electrons. The fourth-order valence-corrected chi connectivity index (χ4v) is 2.84. The summed E-state index contributed by atoms with van der Waals surface area (Å²) in [4.78, 5) is 2.11. The predicted molar refractivity (Wildman–Crippen MR) is 69.9 cm³/mol. The molecule has 1 saturated heterocycles. The summed E-state index contributed by atoms with van der Waals surface area (Å²) in [6, 6.07) is 0. The number of aliphatic hydroxyl groups is 1. The normalized spacial score (nSPS) is 24.8. The minimum Gasteiger partial charge on any atom is -0.382 e. The Morgan fingerprint density at radius 1 is 1.65 bits per heavy atom. The summed E-state index contributed by atoms with van der Waals surface area (Å²) in [6.07, 6.45) is 2.50. The number of β-amino-alcohol motifs (C(OH)–C–C–N with tert-alkyl or cyclic N) is 1. The van der Waals surface area contributed by atoms with Crippen LogP contribution in [-0.2, 0) is 12.1 Å². The molecule has 0 aliphatic carbocycles. The van der Waals surface area contributed by atoms with Crippen LogP contribution in [0, 0.1) is 0 Å². The number of hydrogen-bond acceptors (Lipinski definition) is 4. The van der Waals surface area contributed by atoms with Crippen molar-refractivity contribution in [1.29, 1.82) is 0 Å². The second-order valence-corrected chi connectivity index (χ2v) is 5.68. The quantitative estimate of drug-likeness (QED) is 0.845. The molecule has 17 heavy (non-hydrogen) atoms. The zero-order chi connectivity index (χ0) is 12.5. The van der Waals surface area contributed by atoms with Gasteiger partial charge in [0.25, 0.3) is 0 Å². The maximum atomic E-state index is 10.6. The minimum absolute atomic E-state index is 0.596. The highest BCUT2D eigenvalue weighted by Crippen LogP contribution is 2.32. The molecule has 0 aromatic carbocycles. The van der Waals surface area contributed by atoms with Gasteiger partial charge in [0.15, 0.2) is 0 Å². The van der Waals surface area contributed by atoms with E-state index in [-0.39, 0.29) is 0 Å². The van der Waals surface area contributed by atoms with Crippen LogP contribution in [0.15, 0.2) is 10.7 Å². The van der Waals surface area contributed by atoms with Crippen LogP contribution in [0.3, 0.4) is 0 Å². The highest BCUT2D eigenvalue weighted by Gasteiger charge is 2.37. The van der Waals surface area contributed by atoms with E-state index in [0.717, 1.165) is 36.2 Å². The lowest BCUT2D eigenvalue weighted by Crippen LogP contribution is -2.33. The lowest BCUT2D eigenvalue weighted by Gasteiger charge is -2.24. The van der Waals surface area contributed by atoms with Gasteiger partial charge in [0.1, 0.15) is 5.60 Å². The van der Waals surface area contributed by atoms with Gasteiger partial charge in [-0.2, -0.15) is 5.10 Å². The van der Waals surface area contributed by atoms with Gasteiger partial charge in [-0.05, 0) is 43.0 Å². The molecule has 2 heterocycles. The van der Waals surface area contributed by atoms with Gasteiger partial charge in [-0.25, -0.2) is 0 Å². The standard InChI is InChI=1S/C11H19BrN4O/c1-15(2)5-6-16-10(9(12)7-14-16)11(17)3-4-13-8-11/h7,13,17H,3-6,8H2,1-2H3. The minimum atomic E-state index is -0.790. The van der Waals surface area contributed by atoms with Crippen LogP contribution < -0.4 is 5.32 Å². The molecule has 0 spiro atoms. The molecule has 0 amide bonds. The van der Waals surface area contributed by atoms with Crippen LogP contribution in [-0.4, -0.2) is 53.5 Å². The molecule has 1 aliphatic heterocycles. The van der Waals surface area contributed by atoms with Crippen LogP contribution in [0.2, 0.25) is 0 Å². The Morgan fingerprint density at radius 2 is 2.41 bits per heavy atom. The molecule has 0 bridgehead atoms. The summed E-state index contributed by atoms with van der Waals surface area (Å²) in [6.45, 7) is 3.14. The van der Waals surface area contributed by atoms with E-state index in [0.29, 0.717) is 6.54 Å². The van der Waals surface area contributed by atoms with Gasteiger partial charge >= 0.3 is 0 Å². The number of nitrogens with zero attached hydrogens (tertiary/aromatic N) is 3. The zero-order valence-electron chi connectivity index (χ0n) is 10.3. The Kier molecular flexibility index (Phi) is 3.87.